The van der Waals surface area contributed by atoms with Crippen molar-refractivity contribution < 1.29 is 13.7 Å². The average Bonchev–Trinajstić information content (AvgIpc) is 2.26. The lowest BCUT2D eigenvalue weighted by molar-refractivity contribution is -0.385. The highest BCUT2D eigenvalue weighted by atomic mass is 79.9. The normalized spacial score (nSPS) is 10.2. The number of nitro groups is 1. The number of nitriles is 1. The molecule has 84 valence electrons. The molecule has 0 aliphatic rings. The third-order valence-corrected chi connectivity index (χ3v) is 2.30. The monoisotopic (exact) mass is 291 g/mol. The minimum Gasteiger partial charge on any atom is -0.258 e. The molecule has 1 rings (SSSR count). The number of alkyl halides is 3. The summed E-state index contributed by atoms with van der Waals surface area (Å²) in [7, 11) is 0. The maximum Gasteiger partial charge on any atom is 0.292 e. The molecular weight excluding hydrogens is 288 g/mol. The molecule has 16 heavy (non-hydrogen) atoms. The Morgan fingerprint density at radius 3 is 2.69 bits per heavy atom. The van der Waals surface area contributed by atoms with Crippen LogP contribution >= 0.6 is 15.9 Å². The predicted molar refractivity (Wildman–Crippen MR) is 53.2 cm³/mol. The Kier molecular flexibility index (Phi) is 3.84. The first kappa shape index (κ1) is 12.4. The van der Waals surface area contributed by atoms with Crippen LogP contribution in [0.15, 0.2) is 6.07 Å². The van der Waals surface area contributed by atoms with Gasteiger partial charge in [-0.3, -0.25) is 10.1 Å². The number of hydrogen-bond acceptors (Lipinski definition) is 4. The molecule has 0 radical (unpaired) electrons. The first-order valence-electron chi connectivity index (χ1n) is 3.93. The van der Waals surface area contributed by atoms with E-state index in [-0.39, 0.29) is 11.0 Å². The number of nitrogens with zero attached hydrogens (tertiary/aromatic N) is 3. The van der Waals surface area contributed by atoms with E-state index in [2.05, 4.69) is 20.9 Å². The molecule has 0 unspecified atom stereocenters. The van der Waals surface area contributed by atoms with Crippen LogP contribution in [0.3, 0.4) is 0 Å². The van der Waals surface area contributed by atoms with Crippen LogP contribution in [-0.2, 0) is 5.33 Å². The van der Waals surface area contributed by atoms with Crippen LogP contribution in [0, 0.1) is 21.4 Å². The van der Waals surface area contributed by atoms with Gasteiger partial charge < -0.3 is 0 Å². The first-order valence-corrected chi connectivity index (χ1v) is 5.05. The van der Waals surface area contributed by atoms with E-state index in [1.165, 1.54) is 6.07 Å². The van der Waals surface area contributed by atoms with Crippen LogP contribution in [0.25, 0.3) is 0 Å². The second-order valence-corrected chi connectivity index (χ2v) is 3.26. The molecule has 0 atom stereocenters. The second kappa shape index (κ2) is 4.94. The minimum atomic E-state index is -2.97. The quantitative estimate of drug-likeness (QED) is 0.487. The summed E-state index contributed by atoms with van der Waals surface area (Å²) in [6.07, 6.45) is -2.97. The zero-order valence-electron chi connectivity index (χ0n) is 7.65. The van der Waals surface area contributed by atoms with Crippen LogP contribution < -0.4 is 0 Å². The van der Waals surface area contributed by atoms with Crippen molar-refractivity contribution in [2.24, 2.45) is 0 Å². The standard InChI is InChI=1S/C8H4BrF2N3O2/c9-2-5-7(14(15)16)1-4(8(10)11)6(3-12)13-5/h1,8H,2H2. The molecule has 0 N–H and O–H groups in total. The lowest BCUT2D eigenvalue weighted by atomic mass is 10.1. The molecule has 5 nitrogen and oxygen atoms in total. The number of pyridine rings is 1. The average molecular weight is 292 g/mol. The van der Waals surface area contributed by atoms with Gasteiger partial charge in [0.05, 0.1) is 15.8 Å². The van der Waals surface area contributed by atoms with Crippen molar-refractivity contribution in [3.05, 3.63) is 33.1 Å². The van der Waals surface area contributed by atoms with Crippen LogP contribution in [0.5, 0.6) is 0 Å². The predicted octanol–water partition coefficient (Wildman–Crippen LogP) is 2.69. The topological polar surface area (TPSA) is 79.8 Å². The van der Waals surface area contributed by atoms with Gasteiger partial charge in [-0.15, -0.1) is 0 Å². The molecule has 0 fully saturated rings. The van der Waals surface area contributed by atoms with E-state index >= 15 is 0 Å². The van der Waals surface area contributed by atoms with Crippen molar-refractivity contribution >= 4 is 21.6 Å². The van der Waals surface area contributed by atoms with Gasteiger partial charge in [-0.2, -0.15) is 5.26 Å². The van der Waals surface area contributed by atoms with Crippen molar-refractivity contribution in [2.75, 3.05) is 0 Å². The van der Waals surface area contributed by atoms with Crippen molar-refractivity contribution in [3.8, 4) is 6.07 Å². The smallest absolute Gasteiger partial charge is 0.258 e. The Morgan fingerprint density at radius 2 is 2.31 bits per heavy atom. The Hall–Kier alpha value is -1.62. The molecule has 0 saturated heterocycles. The Bertz CT molecular complexity index is 473. The molecule has 8 heteroatoms. The molecule has 0 amide bonds. The molecule has 0 aliphatic heterocycles. The van der Waals surface area contributed by atoms with Gasteiger partial charge in [0.1, 0.15) is 17.5 Å². The van der Waals surface area contributed by atoms with Crippen LogP contribution in [0.4, 0.5) is 14.5 Å². The van der Waals surface area contributed by atoms with Gasteiger partial charge in [-0.25, -0.2) is 13.8 Å². The van der Waals surface area contributed by atoms with Gasteiger partial charge in [0.25, 0.3) is 12.1 Å². The zero-order valence-corrected chi connectivity index (χ0v) is 9.24. The van der Waals surface area contributed by atoms with Crippen LogP contribution in [0.2, 0.25) is 0 Å². The molecule has 0 aromatic carbocycles. The maximum atomic E-state index is 12.5. The van der Waals surface area contributed by atoms with Crippen molar-refractivity contribution in [3.63, 3.8) is 0 Å². The highest BCUT2D eigenvalue weighted by Gasteiger charge is 2.23. The molecule has 1 aromatic rings. The molecular formula is C8H4BrF2N3O2. The summed E-state index contributed by atoms with van der Waals surface area (Å²) in [5.41, 5.74) is -1.79. The molecule has 1 aromatic heterocycles. The Labute approximate surface area is 97.0 Å². The van der Waals surface area contributed by atoms with Crippen LogP contribution in [-0.4, -0.2) is 9.91 Å². The van der Waals surface area contributed by atoms with E-state index in [1.807, 2.05) is 0 Å². The number of hydrogen-bond donors (Lipinski definition) is 0. The summed E-state index contributed by atoms with van der Waals surface area (Å²) in [5.74, 6) is 0. The van der Waals surface area contributed by atoms with E-state index in [9.17, 15) is 18.9 Å². The Morgan fingerprint density at radius 1 is 1.69 bits per heavy atom. The SMILES string of the molecule is N#Cc1nc(CBr)c([N+](=O)[O-])cc1C(F)F. The molecule has 0 spiro atoms. The number of aromatic nitrogens is 1. The summed E-state index contributed by atoms with van der Waals surface area (Å²) in [6, 6.07) is 2.17. The summed E-state index contributed by atoms with van der Waals surface area (Å²) < 4.78 is 24.9. The van der Waals surface area contributed by atoms with Gasteiger partial charge >= 0.3 is 0 Å². The maximum absolute atomic E-state index is 12.5. The van der Waals surface area contributed by atoms with Crippen molar-refractivity contribution in [2.45, 2.75) is 11.8 Å². The van der Waals surface area contributed by atoms with Crippen molar-refractivity contribution in [1.82, 2.24) is 4.98 Å². The lowest BCUT2D eigenvalue weighted by Gasteiger charge is -2.04. The lowest BCUT2D eigenvalue weighted by Crippen LogP contribution is -2.03. The van der Waals surface area contributed by atoms with Gasteiger partial charge in [-0.1, -0.05) is 15.9 Å². The molecule has 0 saturated carbocycles. The van der Waals surface area contributed by atoms with E-state index < -0.39 is 28.3 Å². The van der Waals surface area contributed by atoms with E-state index in [0.29, 0.717) is 6.07 Å². The van der Waals surface area contributed by atoms with Gasteiger partial charge in [0.15, 0.2) is 0 Å². The zero-order chi connectivity index (χ0) is 12.3. The Balaban J connectivity index is 3.48. The van der Waals surface area contributed by atoms with E-state index in [0.717, 1.165) is 0 Å². The molecule has 0 bridgehead atoms. The van der Waals surface area contributed by atoms with Gasteiger partial charge in [-0.05, 0) is 0 Å². The third kappa shape index (κ3) is 2.30. The number of halogens is 3. The highest BCUT2D eigenvalue weighted by Crippen LogP contribution is 2.28. The first-order chi connectivity index (χ1) is 7.51. The van der Waals surface area contributed by atoms with Gasteiger partial charge in [0, 0.05) is 6.07 Å². The largest absolute Gasteiger partial charge is 0.292 e. The second-order valence-electron chi connectivity index (χ2n) is 2.70. The summed E-state index contributed by atoms with van der Waals surface area (Å²) in [6.45, 7) is 0. The van der Waals surface area contributed by atoms with E-state index in [4.69, 9.17) is 5.26 Å². The summed E-state index contributed by atoms with van der Waals surface area (Å²) >= 11 is 2.94. The van der Waals surface area contributed by atoms with Gasteiger partial charge in [0.2, 0.25) is 0 Å². The summed E-state index contributed by atoms with van der Waals surface area (Å²) in [5, 5.41) is 19.2. The highest BCUT2D eigenvalue weighted by molar-refractivity contribution is 9.08. The number of rotatable bonds is 3. The third-order valence-electron chi connectivity index (χ3n) is 1.77. The van der Waals surface area contributed by atoms with E-state index in [1.54, 1.807) is 0 Å². The molecule has 1 heterocycles. The molecule has 0 aliphatic carbocycles. The minimum absolute atomic E-state index is 0.0154. The fraction of sp³-hybridized carbons (Fsp3) is 0.250. The van der Waals surface area contributed by atoms with Crippen LogP contribution in [0.1, 0.15) is 23.4 Å². The fourth-order valence-corrected chi connectivity index (χ4v) is 1.48. The fourth-order valence-electron chi connectivity index (χ4n) is 1.07. The summed E-state index contributed by atoms with van der Waals surface area (Å²) in [4.78, 5) is 13.3. The van der Waals surface area contributed by atoms with Crippen molar-refractivity contribution in [1.29, 1.82) is 5.26 Å².